The van der Waals surface area contributed by atoms with E-state index < -0.39 is 0 Å². The van der Waals surface area contributed by atoms with E-state index in [4.69, 9.17) is 4.74 Å². The lowest BCUT2D eigenvalue weighted by Gasteiger charge is -2.06. The van der Waals surface area contributed by atoms with Gasteiger partial charge in [0.15, 0.2) is 6.61 Å². The molecular weight excluding hydrogens is 286 g/mol. The second-order valence-electron chi connectivity index (χ2n) is 4.59. The summed E-state index contributed by atoms with van der Waals surface area (Å²) in [6.45, 7) is 4.13. The highest BCUT2D eigenvalue weighted by atomic mass is 32.1. The van der Waals surface area contributed by atoms with Gasteiger partial charge in [-0.3, -0.25) is 10.1 Å². The number of hydrogen-bond donors (Lipinski definition) is 1. The first-order valence-corrected chi connectivity index (χ1v) is 7.87. The average Bonchev–Trinajstić information content (AvgIpc) is 2.93. The van der Waals surface area contributed by atoms with Crippen molar-refractivity contribution in [2.24, 2.45) is 0 Å². The molecule has 1 N–H and O–H groups in total. The van der Waals surface area contributed by atoms with Crippen LogP contribution < -0.4 is 10.1 Å². The molecule has 0 saturated carbocycles. The number of anilines is 1. The van der Waals surface area contributed by atoms with Crippen molar-refractivity contribution in [3.05, 3.63) is 34.8 Å². The Morgan fingerprint density at radius 2 is 2.19 bits per heavy atom. The third kappa shape index (κ3) is 4.82. The molecule has 0 atom stereocenters. The summed E-state index contributed by atoms with van der Waals surface area (Å²) >= 11 is 1.40. The van der Waals surface area contributed by atoms with Crippen molar-refractivity contribution in [3.63, 3.8) is 0 Å². The summed E-state index contributed by atoms with van der Waals surface area (Å²) in [6, 6.07) is 7.74. The Morgan fingerprint density at radius 1 is 1.33 bits per heavy atom. The summed E-state index contributed by atoms with van der Waals surface area (Å²) in [5, 5.41) is 12.1. The predicted molar refractivity (Wildman–Crippen MR) is 83.8 cm³/mol. The van der Waals surface area contributed by atoms with E-state index in [-0.39, 0.29) is 12.5 Å². The summed E-state index contributed by atoms with van der Waals surface area (Å²) < 4.78 is 5.48. The standard InChI is InChI=1S/C15H19N3O2S/c1-3-6-14-17-18-15(21-14)16-13(19)10-20-12-8-5-7-11(4-2)9-12/h5,7-9H,3-4,6,10H2,1-2H3,(H,16,18,19). The molecule has 0 aliphatic heterocycles. The van der Waals surface area contributed by atoms with Crippen molar-refractivity contribution in [2.45, 2.75) is 33.1 Å². The second-order valence-corrected chi connectivity index (χ2v) is 5.65. The van der Waals surface area contributed by atoms with Gasteiger partial charge in [0.2, 0.25) is 5.13 Å². The molecule has 112 valence electrons. The van der Waals surface area contributed by atoms with Crippen molar-refractivity contribution >= 4 is 22.4 Å². The molecule has 1 amide bonds. The normalized spacial score (nSPS) is 10.4. The number of carbonyl (C=O) groups excluding carboxylic acids is 1. The zero-order valence-electron chi connectivity index (χ0n) is 12.3. The first-order chi connectivity index (χ1) is 10.2. The highest BCUT2D eigenvalue weighted by Gasteiger charge is 2.08. The number of amides is 1. The summed E-state index contributed by atoms with van der Waals surface area (Å²) in [6.07, 6.45) is 2.84. The molecule has 2 aromatic rings. The van der Waals surface area contributed by atoms with Crippen molar-refractivity contribution in [1.29, 1.82) is 0 Å². The molecule has 0 aliphatic rings. The van der Waals surface area contributed by atoms with Crippen LogP contribution in [0.5, 0.6) is 5.75 Å². The third-order valence-corrected chi connectivity index (χ3v) is 3.75. The molecule has 0 aliphatic carbocycles. The minimum absolute atomic E-state index is 0.0319. The van der Waals surface area contributed by atoms with Gasteiger partial charge in [-0.15, -0.1) is 10.2 Å². The van der Waals surface area contributed by atoms with Gasteiger partial charge in [-0.2, -0.15) is 0 Å². The number of benzene rings is 1. The first-order valence-electron chi connectivity index (χ1n) is 7.05. The maximum Gasteiger partial charge on any atom is 0.264 e. The van der Waals surface area contributed by atoms with Crippen LogP contribution in [0.3, 0.4) is 0 Å². The van der Waals surface area contributed by atoms with E-state index in [1.54, 1.807) is 0 Å². The summed E-state index contributed by atoms with van der Waals surface area (Å²) in [4.78, 5) is 11.8. The Labute approximate surface area is 128 Å². The Balaban J connectivity index is 1.83. The monoisotopic (exact) mass is 305 g/mol. The second kappa shape index (κ2) is 7.73. The molecular formula is C15H19N3O2S. The molecule has 1 aromatic heterocycles. The number of aromatic nitrogens is 2. The van der Waals surface area contributed by atoms with Crippen LogP contribution in [0.25, 0.3) is 0 Å². The van der Waals surface area contributed by atoms with E-state index in [2.05, 4.69) is 29.4 Å². The average molecular weight is 305 g/mol. The van der Waals surface area contributed by atoms with Crippen LogP contribution in [0.1, 0.15) is 30.8 Å². The summed E-state index contributed by atoms with van der Waals surface area (Å²) in [5.74, 6) is 0.476. The number of carbonyl (C=O) groups is 1. The Morgan fingerprint density at radius 3 is 2.95 bits per heavy atom. The maximum absolute atomic E-state index is 11.8. The Bertz CT molecular complexity index is 598. The quantitative estimate of drug-likeness (QED) is 0.854. The van der Waals surface area contributed by atoms with E-state index in [9.17, 15) is 4.79 Å². The lowest BCUT2D eigenvalue weighted by Crippen LogP contribution is -2.20. The smallest absolute Gasteiger partial charge is 0.264 e. The van der Waals surface area contributed by atoms with Gasteiger partial charge in [-0.05, 0) is 30.5 Å². The Kier molecular flexibility index (Phi) is 5.68. The topological polar surface area (TPSA) is 64.1 Å². The SMILES string of the molecule is CCCc1nnc(NC(=O)COc2cccc(CC)c2)s1. The van der Waals surface area contributed by atoms with Crippen LogP contribution in [-0.2, 0) is 17.6 Å². The molecule has 0 bridgehead atoms. The molecule has 0 spiro atoms. The number of nitrogens with one attached hydrogen (secondary N) is 1. The fourth-order valence-electron chi connectivity index (χ4n) is 1.78. The van der Waals surface area contributed by atoms with Crippen LogP contribution in [-0.4, -0.2) is 22.7 Å². The van der Waals surface area contributed by atoms with Gasteiger partial charge in [0, 0.05) is 6.42 Å². The van der Waals surface area contributed by atoms with Gasteiger partial charge >= 0.3 is 0 Å². The summed E-state index contributed by atoms with van der Waals surface area (Å²) in [5.41, 5.74) is 1.18. The lowest BCUT2D eigenvalue weighted by atomic mass is 10.2. The maximum atomic E-state index is 11.8. The molecule has 1 heterocycles. The van der Waals surface area contributed by atoms with E-state index in [1.807, 2.05) is 24.3 Å². The van der Waals surface area contributed by atoms with Gasteiger partial charge in [0.05, 0.1) is 0 Å². The van der Waals surface area contributed by atoms with Crippen LogP contribution in [0.4, 0.5) is 5.13 Å². The van der Waals surface area contributed by atoms with Crippen LogP contribution >= 0.6 is 11.3 Å². The molecule has 5 nitrogen and oxygen atoms in total. The molecule has 21 heavy (non-hydrogen) atoms. The minimum atomic E-state index is -0.226. The summed E-state index contributed by atoms with van der Waals surface area (Å²) in [7, 11) is 0. The van der Waals surface area contributed by atoms with Crippen LogP contribution in [0.15, 0.2) is 24.3 Å². The Hall–Kier alpha value is -1.95. The highest BCUT2D eigenvalue weighted by molar-refractivity contribution is 7.15. The molecule has 0 unspecified atom stereocenters. The number of hydrogen-bond acceptors (Lipinski definition) is 5. The van der Waals surface area contributed by atoms with Gasteiger partial charge in [0.25, 0.3) is 5.91 Å². The number of aryl methyl sites for hydroxylation is 2. The van der Waals surface area contributed by atoms with Crippen LogP contribution in [0.2, 0.25) is 0 Å². The fourth-order valence-corrected chi connectivity index (χ4v) is 2.64. The number of rotatable bonds is 7. The van der Waals surface area contributed by atoms with Crippen molar-refractivity contribution in [1.82, 2.24) is 10.2 Å². The van der Waals surface area contributed by atoms with Gasteiger partial charge in [0.1, 0.15) is 10.8 Å². The highest BCUT2D eigenvalue weighted by Crippen LogP contribution is 2.17. The minimum Gasteiger partial charge on any atom is -0.484 e. The molecule has 1 aromatic carbocycles. The largest absolute Gasteiger partial charge is 0.484 e. The number of nitrogens with zero attached hydrogens (tertiary/aromatic N) is 2. The van der Waals surface area contributed by atoms with E-state index in [1.165, 1.54) is 16.9 Å². The van der Waals surface area contributed by atoms with Crippen molar-refractivity contribution < 1.29 is 9.53 Å². The van der Waals surface area contributed by atoms with Crippen LogP contribution in [0, 0.1) is 0 Å². The molecule has 6 heteroatoms. The van der Waals surface area contributed by atoms with E-state index in [0.29, 0.717) is 10.9 Å². The first kappa shape index (κ1) is 15.4. The third-order valence-electron chi connectivity index (χ3n) is 2.85. The van der Waals surface area contributed by atoms with E-state index in [0.717, 1.165) is 24.3 Å². The zero-order chi connectivity index (χ0) is 15.1. The number of ether oxygens (including phenoxy) is 1. The molecule has 2 rings (SSSR count). The fraction of sp³-hybridized carbons (Fsp3) is 0.400. The molecule has 0 fully saturated rings. The van der Waals surface area contributed by atoms with Gasteiger partial charge < -0.3 is 4.74 Å². The zero-order valence-corrected chi connectivity index (χ0v) is 13.1. The lowest BCUT2D eigenvalue weighted by molar-refractivity contribution is -0.118. The molecule has 0 saturated heterocycles. The van der Waals surface area contributed by atoms with E-state index >= 15 is 0 Å². The van der Waals surface area contributed by atoms with Crippen molar-refractivity contribution in [2.75, 3.05) is 11.9 Å². The van der Waals surface area contributed by atoms with Gasteiger partial charge in [-0.25, -0.2) is 0 Å². The molecule has 0 radical (unpaired) electrons. The van der Waals surface area contributed by atoms with Crippen molar-refractivity contribution in [3.8, 4) is 5.75 Å². The van der Waals surface area contributed by atoms with Gasteiger partial charge in [-0.1, -0.05) is 37.3 Å². The predicted octanol–water partition coefficient (Wildman–Crippen LogP) is 3.07.